The zero-order valence-corrected chi connectivity index (χ0v) is 17.5. The molecule has 1 saturated heterocycles. The van der Waals surface area contributed by atoms with Crippen LogP contribution in [-0.4, -0.2) is 55.8 Å². The Kier molecular flexibility index (Phi) is 10.6. The lowest BCUT2D eigenvalue weighted by atomic mass is 9.98. The fourth-order valence-electron chi connectivity index (χ4n) is 2.43. The Labute approximate surface area is 157 Å². The van der Waals surface area contributed by atoms with Crippen LogP contribution in [0.25, 0.3) is 0 Å². The van der Waals surface area contributed by atoms with E-state index in [1.165, 1.54) is 0 Å². The van der Waals surface area contributed by atoms with Gasteiger partial charge in [0, 0.05) is 33.2 Å². The first-order chi connectivity index (χ1) is 10.4. The molecule has 7 heteroatoms. The molecule has 0 aliphatic carbocycles. The highest BCUT2D eigenvalue weighted by Crippen LogP contribution is 2.18. The van der Waals surface area contributed by atoms with E-state index in [1.807, 2.05) is 25.7 Å². The zero-order chi connectivity index (χ0) is 16.6. The van der Waals surface area contributed by atoms with Gasteiger partial charge in [-0.05, 0) is 46.0 Å². The number of likely N-dealkylation sites (tertiary alicyclic amines) is 1. The maximum absolute atomic E-state index is 12.1. The van der Waals surface area contributed by atoms with E-state index in [1.54, 1.807) is 7.05 Å². The van der Waals surface area contributed by atoms with Crippen LogP contribution < -0.4 is 10.6 Å². The van der Waals surface area contributed by atoms with Crippen LogP contribution in [0.15, 0.2) is 4.99 Å². The van der Waals surface area contributed by atoms with Gasteiger partial charge < -0.3 is 20.3 Å². The van der Waals surface area contributed by atoms with E-state index in [9.17, 15) is 4.79 Å². The molecule has 0 aromatic rings. The van der Waals surface area contributed by atoms with Crippen molar-refractivity contribution < 1.29 is 9.53 Å². The fraction of sp³-hybridized carbons (Fsp3) is 0.875. The fourth-order valence-corrected chi connectivity index (χ4v) is 2.43. The highest BCUT2D eigenvalue weighted by atomic mass is 127. The van der Waals surface area contributed by atoms with Gasteiger partial charge in [-0.2, -0.15) is 0 Å². The lowest BCUT2D eigenvalue weighted by molar-refractivity contribution is 0.0168. The molecule has 23 heavy (non-hydrogen) atoms. The first-order valence-corrected chi connectivity index (χ1v) is 8.28. The molecule has 1 amide bonds. The third-order valence-corrected chi connectivity index (χ3v) is 3.49. The van der Waals surface area contributed by atoms with Crippen LogP contribution in [-0.2, 0) is 4.74 Å². The minimum atomic E-state index is -0.436. The van der Waals surface area contributed by atoms with Crippen LogP contribution in [0.3, 0.4) is 0 Å². The number of carbonyl (C=O) groups is 1. The number of aliphatic imine (C=N–C) groups is 1. The van der Waals surface area contributed by atoms with Gasteiger partial charge >= 0.3 is 6.09 Å². The molecule has 1 heterocycles. The summed E-state index contributed by atoms with van der Waals surface area (Å²) in [6, 6.07) is 0. The standard InChI is InChI=1S/C16H32N4O2.HI/c1-6-9-18-14(17-5)19-11-13-8-7-10-20(12-13)15(21)22-16(2,3)4;/h13H,6-12H2,1-5H3,(H2,17,18,19);1H. The van der Waals surface area contributed by atoms with Crippen molar-refractivity contribution in [1.82, 2.24) is 15.5 Å². The number of hydrogen-bond donors (Lipinski definition) is 2. The number of hydrogen-bond acceptors (Lipinski definition) is 3. The molecular weight excluding hydrogens is 407 g/mol. The second kappa shape index (κ2) is 10.9. The van der Waals surface area contributed by atoms with Crippen molar-refractivity contribution >= 4 is 36.0 Å². The molecule has 1 unspecified atom stereocenters. The number of ether oxygens (including phenoxy) is 1. The first-order valence-electron chi connectivity index (χ1n) is 8.28. The average Bonchev–Trinajstić information content (AvgIpc) is 2.46. The largest absolute Gasteiger partial charge is 0.444 e. The van der Waals surface area contributed by atoms with Gasteiger partial charge in [0.05, 0.1) is 0 Å². The maximum atomic E-state index is 12.1. The summed E-state index contributed by atoms with van der Waals surface area (Å²) in [6.45, 7) is 11.1. The van der Waals surface area contributed by atoms with E-state index in [0.717, 1.165) is 51.4 Å². The predicted molar refractivity (Wildman–Crippen MR) is 106 cm³/mol. The van der Waals surface area contributed by atoms with Crippen LogP contribution in [0.5, 0.6) is 0 Å². The number of amides is 1. The summed E-state index contributed by atoms with van der Waals surface area (Å²) in [6.07, 6.45) is 3.01. The zero-order valence-electron chi connectivity index (χ0n) is 15.1. The van der Waals surface area contributed by atoms with Crippen LogP contribution in [0.4, 0.5) is 4.79 Å². The van der Waals surface area contributed by atoms with Crippen molar-refractivity contribution in [2.75, 3.05) is 33.2 Å². The van der Waals surface area contributed by atoms with Crippen LogP contribution >= 0.6 is 24.0 Å². The van der Waals surface area contributed by atoms with Gasteiger partial charge in [0.2, 0.25) is 0 Å². The Balaban J connectivity index is 0.00000484. The number of guanidine groups is 1. The second-order valence-electron chi connectivity index (χ2n) is 6.81. The molecule has 1 atom stereocenters. The third kappa shape index (κ3) is 9.22. The Morgan fingerprint density at radius 3 is 2.61 bits per heavy atom. The van der Waals surface area contributed by atoms with Gasteiger partial charge in [0.15, 0.2) is 5.96 Å². The molecule has 2 N–H and O–H groups in total. The third-order valence-electron chi connectivity index (χ3n) is 3.49. The normalized spacial score (nSPS) is 18.9. The van der Waals surface area contributed by atoms with E-state index in [2.05, 4.69) is 22.5 Å². The maximum Gasteiger partial charge on any atom is 0.410 e. The molecule has 0 aromatic carbocycles. The summed E-state index contributed by atoms with van der Waals surface area (Å²) in [5, 5.41) is 6.60. The van der Waals surface area contributed by atoms with Crippen molar-refractivity contribution in [3.63, 3.8) is 0 Å². The number of carbonyl (C=O) groups excluding carboxylic acids is 1. The lowest BCUT2D eigenvalue weighted by Crippen LogP contribution is -2.47. The van der Waals surface area contributed by atoms with Crippen LogP contribution in [0, 0.1) is 5.92 Å². The number of piperidine rings is 1. The summed E-state index contributed by atoms with van der Waals surface area (Å²) in [4.78, 5) is 18.2. The first kappa shape index (κ1) is 22.3. The number of halogens is 1. The summed E-state index contributed by atoms with van der Waals surface area (Å²) >= 11 is 0. The summed E-state index contributed by atoms with van der Waals surface area (Å²) in [7, 11) is 1.78. The summed E-state index contributed by atoms with van der Waals surface area (Å²) in [5.74, 6) is 1.26. The Morgan fingerprint density at radius 1 is 1.35 bits per heavy atom. The van der Waals surface area contributed by atoms with Crippen LogP contribution in [0.2, 0.25) is 0 Å². The molecule has 1 rings (SSSR count). The molecule has 0 bridgehead atoms. The van der Waals surface area contributed by atoms with Gasteiger partial charge in [0.1, 0.15) is 5.60 Å². The van der Waals surface area contributed by atoms with E-state index in [0.29, 0.717) is 5.92 Å². The highest BCUT2D eigenvalue weighted by molar-refractivity contribution is 14.0. The smallest absolute Gasteiger partial charge is 0.410 e. The van der Waals surface area contributed by atoms with Crippen molar-refractivity contribution in [2.45, 2.75) is 52.6 Å². The van der Waals surface area contributed by atoms with Crippen molar-refractivity contribution in [1.29, 1.82) is 0 Å². The number of rotatable bonds is 4. The van der Waals surface area contributed by atoms with Crippen LogP contribution in [0.1, 0.15) is 47.0 Å². The lowest BCUT2D eigenvalue weighted by Gasteiger charge is -2.34. The Bertz CT molecular complexity index is 383. The molecule has 0 aromatic heterocycles. The Hall–Kier alpha value is -0.730. The molecule has 0 radical (unpaired) electrons. The highest BCUT2D eigenvalue weighted by Gasteiger charge is 2.27. The minimum absolute atomic E-state index is 0. The molecule has 0 saturated carbocycles. The average molecular weight is 440 g/mol. The molecule has 1 fully saturated rings. The van der Waals surface area contributed by atoms with E-state index in [4.69, 9.17) is 4.74 Å². The molecule has 6 nitrogen and oxygen atoms in total. The van der Waals surface area contributed by atoms with Gasteiger partial charge in [-0.1, -0.05) is 6.92 Å². The van der Waals surface area contributed by atoms with Gasteiger partial charge in [-0.3, -0.25) is 4.99 Å². The van der Waals surface area contributed by atoms with Crippen molar-refractivity contribution in [3.8, 4) is 0 Å². The molecule has 0 spiro atoms. The monoisotopic (exact) mass is 440 g/mol. The van der Waals surface area contributed by atoms with E-state index in [-0.39, 0.29) is 30.1 Å². The van der Waals surface area contributed by atoms with E-state index >= 15 is 0 Å². The molecule has 136 valence electrons. The van der Waals surface area contributed by atoms with Gasteiger partial charge in [-0.15, -0.1) is 24.0 Å². The van der Waals surface area contributed by atoms with Crippen molar-refractivity contribution in [3.05, 3.63) is 0 Å². The summed E-state index contributed by atoms with van der Waals surface area (Å²) in [5.41, 5.74) is -0.436. The van der Waals surface area contributed by atoms with E-state index < -0.39 is 5.60 Å². The van der Waals surface area contributed by atoms with Gasteiger partial charge in [0.25, 0.3) is 0 Å². The van der Waals surface area contributed by atoms with Crippen molar-refractivity contribution in [2.24, 2.45) is 10.9 Å². The summed E-state index contributed by atoms with van der Waals surface area (Å²) < 4.78 is 5.46. The minimum Gasteiger partial charge on any atom is -0.444 e. The quantitative estimate of drug-likeness (QED) is 0.401. The SMILES string of the molecule is CCCNC(=NC)NCC1CCCN(C(=O)OC(C)(C)C)C1.I. The topological polar surface area (TPSA) is 66.0 Å². The number of nitrogens with zero attached hydrogens (tertiary/aromatic N) is 2. The number of nitrogens with one attached hydrogen (secondary N) is 2. The molecular formula is C16H33IN4O2. The Morgan fingerprint density at radius 2 is 2.04 bits per heavy atom. The molecule has 1 aliphatic rings. The predicted octanol–water partition coefficient (Wildman–Crippen LogP) is 2.83. The molecule has 1 aliphatic heterocycles. The second-order valence-corrected chi connectivity index (χ2v) is 6.81. The van der Waals surface area contributed by atoms with Gasteiger partial charge in [-0.25, -0.2) is 4.79 Å².